The predicted octanol–water partition coefficient (Wildman–Crippen LogP) is 21.7. The second kappa shape index (κ2) is 21.1. The van der Waals surface area contributed by atoms with Crippen LogP contribution < -0.4 is 21.3 Å². The van der Waals surface area contributed by atoms with E-state index < -0.39 is 0 Å². The number of nitrogens with zero attached hydrogens (tertiary/aromatic N) is 4. The summed E-state index contributed by atoms with van der Waals surface area (Å²) in [6, 6.07) is 118. The molecule has 442 valence electrons. The minimum atomic E-state index is -0.154. The number of aromatic nitrogens is 3. The van der Waals surface area contributed by atoms with Crippen LogP contribution in [0, 0.1) is 0 Å². The minimum Gasteiger partial charge on any atom is -0.310 e. The van der Waals surface area contributed by atoms with Gasteiger partial charge in [-0.05, 0) is 146 Å². The van der Waals surface area contributed by atoms with Gasteiger partial charge in [-0.25, -0.2) is 0 Å². The van der Waals surface area contributed by atoms with Crippen molar-refractivity contribution < 1.29 is 0 Å². The lowest BCUT2D eigenvalue weighted by atomic mass is 9.34. The van der Waals surface area contributed by atoms with Gasteiger partial charge in [-0.1, -0.05) is 262 Å². The Hall–Kier alpha value is -11.3. The predicted molar refractivity (Wildman–Crippen MR) is 400 cm³/mol. The Morgan fingerprint density at radius 3 is 1.23 bits per heavy atom. The van der Waals surface area contributed by atoms with Crippen LogP contribution in [0.1, 0.15) is 26.3 Å². The van der Waals surface area contributed by atoms with Crippen molar-refractivity contribution in [3.63, 3.8) is 0 Å². The third kappa shape index (κ3) is 8.42. The molecule has 0 spiro atoms. The third-order valence-electron chi connectivity index (χ3n) is 20.0. The Bertz CT molecular complexity index is 5800. The summed E-state index contributed by atoms with van der Waals surface area (Å²) < 4.78 is 7.41. The van der Waals surface area contributed by atoms with Crippen molar-refractivity contribution in [2.45, 2.75) is 36.0 Å². The van der Waals surface area contributed by atoms with E-state index in [1.807, 2.05) is 11.8 Å². The molecule has 14 aromatic carbocycles. The summed E-state index contributed by atoms with van der Waals surface area (Å²) in [4.78, 5) is 5.16. The molecule has 0 atom stereocenters. The molecule has 17 aromatic rings. The Kier molecular flexibility index (Phi) is 12.2. The highest BCUT2D eigenvalue weighted by molar-refractivity contribution is 8.00. The first kappa shape index (κ1) is 54.4. The molecule has 0 aliphatic carbocycles. The minimum absolute atomic E-state index is 0.0209. The van der Waals surface area contributed by atoms with E-state index in [1.165, 1.54) is 114 Å². The van der Waals surface area contributed by atoms with Crippen molar-refractivity contribution >= 4 is 117 Å². The summed E-state index contributed by atoms with van der Waals surface area (Å²) >= 11 is 1.91. The van der Waals surface area contributed by atoms with E-state index in [9.17, 15) is 0 Å². The van der Waals surface area contributed by atoms with Gasteiger partial charge in [0.2, 0.25) is 6.71 Å². The van der Waals surface area contributed by atoms with Gasteiger partial charge in [0.1, 0.15) is 0 Å². The Balaban J connectivity index is 0.886. The van der Waals surface area contributed by atoms with E-state index in [4.69, 9.17) is 0 Å². The average molecular weight is 1220 g/mol. The fraction of sp³-hybridized carbons (Fsp3) is 0.0455. The molecule has 0 amide bonds. The van der Waals surface area contributed by atoms with E-state index in [0.717, 1.165) is 61.8 Å². The monoisotopic (exact) mass is 1220 g/mol. The van der Waals surface area contributed by atoms with Gasteiger partial charge in [0.05, 0.1) is 38.8 Å². The Morgan fingerprint density at radius 1 is 0.287 bits per heavy atom. The van der Waals surface area contributed by atoms with Crippen molar-refractivity contribution in [2.24, 2.45) is 0 Å². The number of para-hydroxylation sites is 6. The molecule has 3 aromatic heterocycles. The van der Waals surface area contributed by atoms with E-state index >= 15 is 0 Å². The van der Waals surface area contributed by atoms with Gasteiger partial charge < -0.3 is 18.6 Å². The van der Waals surface area contributed by atoms with Crippen molar-refractivity contribution in [1.29, 1.82) is 0 Å². The SMILES string of the molecule is CC(C)(C)c1ccc2c(c1)c1ccccc1n2-c1cc2c3c(c1)N(c1c(-c4ccccc4)cccc1-c1ccccc1)c1ccc(-c4cccc(-n5c6ccccc6c6ccccc65)c4)cc1B3c1cc(-c3cccc(-n4c5ccccc5c5ccccc54)c3)ccc1S2. The molecule has 2 aliphatic heterocycles. The highest BCUT2D eigenvalue weighted by Gasteiger charge is 2.43. The molecule has 4 nitrogen and oxygen atoms in total. The number of rotatable bonds is 8. The zero-order chi connectivity index (χ0) is 62.3. The molecule has 0 bridgehead atoms. The number of hydrogen-bond donors (Lipinski definition) is 0. The van der Waals surface area contributed by atoms with Crippen molar-refractivity contribution in [1.82, 2.24) is 13.7 Å². The standard InChI is InChI=1S/C88H61BN4S/c1-88(2,3)62-45-47-81-73(53-62)72-35-14-19-42-80(72)92(81)65-54-83-86-85(55-65)94-84-48-44-61(59-28-21-30-64(50-59)91-78-40-17-12-33-70(78)71-34-13-18-41-79(71)91)52-75(84)89(86)74-51-60(58-27-20-29-63(49-58)90-76-38-15-10-31-68(76)69-32-11-16-39-77(69)90)43-46-82(74)93(83)87-66(56-23-6-4-7-24-56)36-22-37-67(87)57-25-8-5-9-26-57/h4-55H,1-3H3. The molecule has 0 unspecified atom stereocenters. The van der Waals surface area contributed by atoms with Crippen LogP contribution in [0.2, 0.25) is 0 Å². The third-order valence-corrected chi connectivity index (χ3v) is 21.2. The molecule has 0 fully saturated rings. The van der Waals surface area contributed by atoms with Crippen LogP contribution in [0.3, 0.4) is 0 Å². The Morgan fingerprint density at radius 2 is 0.713 bits per heavy atom. The lowest BCUT2D eigenvalue weighted by Gasteiger charge is -2.42. The van der Waals surface area contributed by atoms with Crippen molar-refractivity contribution in [3.05, 3.63) is 321 Å². The van der Waals surface area contributed by atoms with Crippen LogP contribution in [0.5, 0.6) is 0 Å². The van der Waals surface area contributed by atoms with Gasteiger partial charge in [0, 0.05) is 81.7 Å². The molecular formula is C88H61BN4S. The molecule has 94 heavy (non-hydrogen) atoms. The lowest BCUT2D eigenvalue weighted by Crippen LogP contribution is -2.60. The van der Waals surface area contributed by atoms with Gasteiger partial charge in [-0.15, -0.1) is 0 Å². The molecule has 0 radical (unpaired) electrons. The molecular weight excluding hydrogens is 1160 g/mol. The highest BCUT2D eigenvalue weighted by Crippen LogP contribution is 2.51. The smallest absolute Gasteiger partial charge is 0.249 e. The first-order chi connectivity index (χ1) is 46.3. The van der Waals surface area contributed by atoms with Crippen LogP contribution in [0.4, 0.5) is 17.1 Å². The fourth-order valence-corrected chi connectivity index (χ4v) is 16.9. The second-order valence-electron chi connectivity index (χ2n) is 26.4. The summed E-state index contributed by atoms with van der Waals surface area (Å²) in [6.45, 7) is 6.79. The van der Waals surface area contributed by atoms with Gasteiger partial charge in [-0.3, -0.25) is 0 Å². The van der Waals surface area contributed by atoms with E-state index in [-0.39, 0.29) is 12.1 Å². The lowest BCUT2D eigenvalue weighted by molar-refractivity contribution is 0.591. The van der Waals surface area contributed by atoms with Gasteiger partial charge >= 0.3 is 0 Å². The maximum atomic E-state index is 2.66. The van der Waals surface area contributed by atoms with Gasteiger partial charge in [-0.2, -0.15) is 0 Å². The molecule has 0 saturated heterocycles. The van der Waals surface area contributed by atoms with Gasteiger partial charge in [0.15, 0.2) is 0 Å². The molecule has 6 heteroatoms. The van der Waals surface area contributed by atoms with Crippen molar-refractivity contribution in [2.75, 3.05) is 4.90 Å². The quantitative estimate of drug-likeness (QED) is 0.141. The summed E-state index contributed by atoms with van der Waals surface area (Å²) in [5, 5.41) is 7.52. The molecule has 0 saturated carbocycles. The number of hydrogen-bond acceptors (Lipinski definition) is 2. The fourth-order valence-electron chi connectivity index (χ4n) is 15.7. The van der Waals surface area contributed by atoms with Gasteiger partial charge in [0.25, 0.3) is 0 Å². The summed E-state index contributed by atoms with van der Waals surface area (Å²) in [5.41, 5.74) is 28.5. The first-order valence-electron chi connectivity index (χ1n) is 32.7. The van der Waals surface area contributed by atoms with Crippen LogP contribution in [-0.2, 0) is 5.41 Å². The van der Waals surface area contributed by atoms with Crippen LogP contribution in [-0.4, -0.2) is 20.4 Å². The topological polar surface area (TPSA) is 18.0 Å². The van der Waals surface area contributed by atoms with E-state index in [2.05, 4.69) is 355 Å². The first-order valence-corrected chi connectivity index (χ1v) is 33.5. The number of benzene rings is 14. The van der Waals surface area contributed by atoms with E-state index in [0.29, 0.717) is 0 Å². The zero-order valence-electron chi connectivity index (χ0n) is 52.3. The Labute approximate surface area is 551 Å². The van der Waals surface area contributed by atoms with Crippen LogP contribution in [0.15, 0.2) is 325 Å². The average Bonchev–Trinajstić information content (AvgIpc) is 0.884. The number of anilines is 3. The number of fused-ring (bicyclic) bond motifs is 13. The van der Waals surface area contributed by atoms with Crippen molar-refractivity contribution in [3.8, 4) is 61.6 Å². The maximum absolute atomic E-state index is 2.66. The molecule has 0 N–H and O–H groups in total. The second-order valence-corrected chi connectivity index (χ2v) is 27.5. The zero-order valence-corrected chi connectivity index (χ0v) is 53.1. The van der Waals surface area contributed by atoms with E-state index in [1.54, 1.807) is 0 Å². The molecule has 19 rings (SSSR count). The molecule has 5 heterocycles. The maximum Gasteiger partial charge on any atom is 0.249 e. The van der Waals surface area contributed by atoms with Crippen LogP contribution in [0.25, 0.3) is 127 Å². The highest BCUT2D eigenvalue weighted by atomic mass is 32.2. The summed E-state index contributed by atoms with van der Waals surface area (Å²) in [6.07, 6.45) is 0. The van der Waals surface area contributed by atoms with Crippen LogP contribution >= 0.6 is 11.8 Å². The summed E-state index contributed by atoms with van der Waals surface area (Å²) in [5.74, 6) is 0. The largest absolute Gasteiger partial charge is 0.310 e. The normalized spacial score (nSPS) is 12.8. The molecule has 2 aliphatic rings. The summed E-state index contributed by atoms with van der Waals surface area (Å²) in [7, 11) is 0.